The first-order valence-electron chi connectivity index (χ1n) is 4.03. The van der Waals surface area contributed by atoms with Crippen LogP contribution in [-0.2, 0) is 4.79 Å². The van der Waals surface area contributed by atoms with Crippen molar-refractivity contribution in [3.63, 3.8) is 0 Å². The van der Waals surface area contributed by atoms with Gasteiger partial charge in [0.15, 0.2) is 0 Å². The summed E-state index contributed by atoms with van der Waals surface area (Å²) in [6.07, 6.45) is 1.19. The van der Waals surface area contributed by atoms with Crippen molar-refractivity contribution >= 4 is 5.97 Å². The van der Waals surface area contributed by atoms with Gasteiger partial charge in [-0.1, -0.05) is 0 Å². The van der Waals surface area contributed by atoms with E-state index in [9.17, 15) is 15.0 Å². The lowest BCUT2D eigenvalue weighted by Crippen LogP contribution is -2.38. The van der Waals surface area contributed by atoms with Crippen molar-refractivity contribution in [2.24, 2.45) is 11.1 Å². The van der Waals surface area contributed by atoms with E-state index in [4.69, 9.17) is 0 Å². The molecule has 0 spiro atoms. The number of hydrogen-bond donors (Lipinski definition) is 1. The lowest BCUT2D eigenvalue weighted by molar-refractivity contribution is -0.559. The number of hydrogen-bond acceptors (Lipinski definition) is 4. The fourth-order valence-electron chi connectivity index (χ4n) is 1.62. The SMILES string of the molecule is O=C([O-])C1CCC[N+]2=N[N]C(O)=C12. The third kappa shape index (κ3) is 1.14. The van der Waals surface area contributed by atoms with Gasteiger partial charge in [0.05, 0.1) is 11.9 Å². The topological polar surface area (TPSA) is 89.8 Å². The molecule has 1 unspecified atom stereocenters. The van der Waals surface area contributed by atoms with Gasteiger partial charge >= 0.3 is 5.88 Å². The molecule has 0 aromatic carbocycles. The molecule has 2 heterocycles. The van der Waals surface area contributed by atoms with Crippen molar-refractivity contribution in [3.05, 3.63) is 11.6 Å². The van der Waals surface area contributed by atoms with E-state index >= 15 is 0 Å². The van der Waals surface area contributed by atoms with Gasteiger partial charge in [-0.05, 0) is 12.8 Å². The molecular formula is C7H8N3O3. The lowest BCUT2D eigenvalue weighted by Gasteiger charge is -2.20. The summed E-state index contributed by atoms with van der Waals surface area (Å²) in [5.74, 6) is -2.25. The molecule has 1 atom stereocenters. The number of aliphatic hydroxyl groups is 1. The summed E-state index contributed by atoms with van der Waals surface area (Å²) < 4.78 is 1.42. The van der Waals surface area contributed by atoms with Crippen LogP contribution in [0.4, 0.5) is 0 Å². The first-order chi connectivity index (χ1) is 6.20. The molecule has 13 heavy (non-hydrogen) atoms. The third-order valence-corrected chi connectivity index (χ3v) is 2.23. The number of rotatable bonds is 1. The Bertz CT molecular complexity index is 321. The van der Waals surface area contributed by atoms with Crippen LogP contribution in [0, 0.1) is 5.92 Å². The second-order valence-corrected chi connectivity index (χ2v) is 3.04. The van der Waals surface area contributed by atoms with E-state index in [0.29, 0.717) is 19.4 Å². The Kier molecular flexibility index (Phi) is 1.68. The summed E-state index contributed by atoms with van der Waals surface area (Å²) in [5, 5.41) is 23.5. The first kappa shape index (κ1) is 8.03. The number of carboxylic acids is 1. The number of fused-ring (bicyclic) bond motifs is 1. The molecule has 6 heteroatoms. The molecule has 6 nitrogen and oxygen atoms in total. The molecule has 69 valence electrons. The van der Waals surface area contributed by atoms with Crippen molar-refractivity contribution in [1.82, 2.24) is 5.43 Å². The molecular weight excluding hydrogens is 174 g/mol. The minimum Gasteiger partial charge on any atom is -0.549 e. The van der Waals surface area contributed by atoms with Crippen LogP contribution in [0.3, 0.4) is 0 Å². The quantitative estimate of drug-likeness (QED) is 0.520. The van der Waals surface area contributed by atoms with Crippen LogP contribution in [0.25, 0.3) is 0 Å². The van der Waals surface area contributed by atoms with Crippen molar-refractivity contribution < 1.29 is 19.7 Å². The predicted octanol–water partition coefficient (Wildman–Crippen LogP) is -1.13. The molecule has 1 radical (unpaired) electrons. The summed E-state index contributed by atoms with van der Waals surface area (Å²) in [4.78, 5) is 10.7. The van der Waals surface area contributed by atoms with Gasteiger partial charge in [-0.15, -0.1) is 4.70 Å². The molecule has 0 saturated carbocycles. The molecule has 0 aliphatic carbocycles. The second kappa shape index (κ2) is 2.72. The standard InChI is InChI=1S/C7H8N3O3/c11-6-5-4(7(12)13)2-1-3-10(5)9-8-6/h4H,1-3H2,(H-,9,11,12,13). The molecule has 1 N–H and O–H groups in total. The van der Waals surface area contributed by atoms with E-state index in [1.165, 1.54) is 4.70 Å². The molecule has 2 aliphatic heterocycles. The molecule has 0 aromatic heterocycles. The highest BCUT2D eigenvalue weighted by molar-refractivity contribution is 5.70. The molecule has 1 saturated heterocycles. The van der Waals surface area contributed by atoms with Crippen LogP contribution in [0.2, 0.25) is 0 Å². The number of carbonyl (C=O) groups is 1. The first-order valence-corrected chi connectivity index (χ1v) is 4.03. The van der Waals surface area contributed by atoms with Crippen LogP contribution >= 0.6 is 0 Å². The van der Waals surface area contributed by atoms with Crippen molar-refractivity contribution in [1.29, 1.82) is 0 Å². The minimum absolute atomic E-state index is 0.270. The maximum Gasteiger partial charge on any atom is 0.399 e. The Hall–Kier alpha value is -1.59. The van der Waals surface area contributed by atoms with Gasteiger partial charge in [-0.25, -0.2) is 0 Å². The minimum atomic E-state index is -1.18. The molecule has 2 aliphatic rings. The van der Waals surface area contributed by atoms with Crippen LogP contribution < -0.4 is 10.5 Å². The Morgan fingerprint density at radius 3 is 3.15 bits per heavy atom. The van der Waals surface area contributed by atoms with Crippen LogP contribution in [-0.4, -0.2) is 22.3 Å². The molecule has 2 rings (SSSR count). The van der Waals surface area contributed by atoms with Gasteiger partial charge in [-0.2, -0.15) is 0 Å². The summed E-state index contributed by atoms with van der Waals surface area (Å²) in [7, 11) is 0. The maximum atomic E-state index is 10.7. The van der Waals surface area contributed by atoms with E-state index < -0.39 is 11.9 Å². The number of nitrogens with zero attached hydrogens (tertiary/aromatic N) is 3. The highest BCUT2D eigenvalue weighted by Crippen LogP contribution is 2.28. The van der Waals surface area contributed by atoms with Crippen molar-refractivity contribution in [2.75, 3.05) is 6.54 Å². The monoisotopic (exact) mass is 182 g/mol. The lowest BCUT2D eigenvalue weighted by atomic mass is 9.96. The van der Waals surface area contributed by atoms with E-state index in [1.807, 2.05) is 0 Å². The zero-order chi connectivity index (χ0) is 9.42. The number of aliphatic hydroxyl groups excluding tert-OH is 1. The summed E-state index contributed by atoms with van der Waals surface area (Å²) in [6.45, 7) is 0.604. The number of carboxylic acid groups (broad SMARTS) is 1. The van der Waals surface area contributed by atoms with E-state index in [1.54, 1.807) is 0 Å². The van der Waals surface area contributed by atoms with Gasteiger partial charge in [-0.3, -0.25) is 0 Å². The van der Waals surface area contributed by atoms with Crippen molar-refractivity contribution in [2.45, 2.75) is 12.8 Å². The second-order valence-electron chi connectivity index (χ2n) is 3.04. The van der Waals surface area contributed by atoms with E-state index in [2.05, 4.69) is 10.6 Å². The number of aliphatic carboxylic acids is 1. The number of piperidine rings is 1. The number of carbonyl (C=O) groups excluding carboxylic acids is 1. The van der Waals surface area contributed by atoms with Gasteiger partial charge in [0.25, 0.3) is 0 Å². The van der Waals surface area contributed by atoms with Crippen LogP contribution in [0.1, 0.15) is 12.8 Å². The van der Waals surface area contributed by atoms with E-state index in [-0.39, 0.29) is 11.6 Å². The average Bonchev–Trinajstić information content (AvgIpc) is 2.48. The predicted molar refractivity (Wildman–Crippen MR) is 37.1 cm³/mol. The Balaban J connectivity index is 2.35. The highest BCUT2D eigenvalue weighted by Gasteiger charge is 2.39. The zero-order valence-electron chi connectivity index (χ0n) is 6.80. The van der Waals surface area contributed by atoms with Crippen LogP contribution in [0.5, 0.6) is 0 Å². The average molecular weight is 182 g/mol. The smallest absolute Gasteiger partial charge is 0.399 e. The maximum absolute atomic E-state index is 10.7. The zero-order valence-corrected chi connectivity index (χ0v) is 6.80. The summed E-state index contributed by atoms with van der Waals surface area (Å²) >= 11 is 0. The molecule has 0 bridgehead atoms. The van der Waals surface area contributed by atoms with Gasteiger partial charge in [0.1, 0.15) is 17.2 Å². The Labute approximate surface area is 74.2 Å². The third-order valence-electron chi connectivity index (χ3n) is 2.23. The van der Waals surface area contributed by atoms with Gasteiger partial charge in [0.2, 0.25) is 5.70 Å². The molecule has 1 fully saturated rings. The van der Waals surface area contributed by atoms with Crippen molar-refractivity contribution in [3.8, 4) is 0 Å². The summed E-state index contributed by atoms with van der Waals surface area (Å²) in [5.41, 5.74) is 3.68. The Morgan fingerprint density at radius 1 is 1.69 bits per heavy atom. The largest absolute Gasteiger partial charge is 0.549 e. The van der Waals surface area contributed by atoms with E-state index in [0.717, 1.165) is 0 Å². The fourth-order valence-corrected chi connectivity index (χ4v) is 1.62. The highest BCUT2D eigenvalue weighted by atomic mass is 16.4. The fraction of sp³-hybridized carbons (Fsp3) is 0.571. The normalized spacial score (nSPS) is 26.5. The molecule has 0 amide bonds. The Morgan fingerprint density at radius 2 is 2.46 bits per heavy atom. The molecule has 0 aromatic rings. The van der Waals surface area contributed by atoms with Gasteiger partial charge in [0, 0.05) is 0 Å². The summed E-state index contributed by atoms with van der Waals surface area (Å²) in [6, 6.07) is 0. The van der Waals surface area contributed by atoms with Crippen LogP contribution in [0.15, 0.2) is 16.8 Å². The van der Waals surface area contributed by atoms with Gasteiger partial charge < -0.3 is 15.0 Å².